The molecule has 0 fully saturated rings. The number of hydrogen-bond acceptors (Lipinski definition) is 5. The molecular weight excluding hydrogens is 369 g/mol. The maximum Gasteiger partial charge on any atom is 0.275 e. The molecule has 0 atom stereocenters. The molecule has 6 nitrogen and oxygen atoms in total. The second kappa shape index (κ2) is 9.14. The fraction of sp³-hybridized carbons (Fsp3) is 0.227. The summed E-state index contributed by atoms with van der Waals surface area (Å²) < 4.78 is 13.7. The summed E-state index contributed by atoms with van der Waals surface area (Å²) >= 11 is 0. The zero-order valence-corrected chi connectivity index (χ0v) is 16.7. The molecule has 29 heavy (non-hydrogen) atoms. The Kier molecular flexibility index (Phi) is 6.39. The first kappa shape index (κ1) is 20.3. The summed E-state index contributed by atoms with van der Waals surface area (Å²) in [5.41, 5.74) is 3.28. The molecule has 0 spiro atoms. The van der Waals surface area contributed by atoms with Gasteiger partial charge < -0.3 is 15.5 Å². The topological polar surface area (TPSA) is 70.2 Å². The molecule has 0 saturated heterocycles. The highest BCUT2D eigenvalue weighted by Crippen LogP contribution is 2.23. The lowest BCUT2D eigenvalue weighted by molar-refractivity contribution is 0.102. The molecule has 2 aromatic carbocycles. The Bertz CT molecular complexity index is 987. The zero-order valence-electron chi connectivity index (χ0n) is 16.7. The SMILES string of the molecule is CCN(CC)c1ccc(NC(=O)c2cnc(Nc3ccccc3F)cn2)c(C)c1. The summed E-state index contributed by atoms with van der Waals surface area (Å²) in [7, 11) is 0. The van der Waals surface area contributed by atoms with Crippen LogP contribution in [-0.2, 0) is 0 Å². The molecule has 0 radical (unpaired) electrons. The molecule has 0 bridgehead atoms. The predicted molar refractivity (Wildman–Crippen MR) is 114 cm³/mol. The third kappa shape index (κ3) is 4.87. The van der Waals surface area contributed by atoms with Crippen LogP contribution in [0.3, 0.4) is 0 Å². The first-order valence-corrected chi connectivity index (χ1v) is 9.52. The van der Waals surface area contributed by atoms with Crippen molar-refractivity contribution >= 4 is 28.8 Å². The van der Waals surface area contributed by atoms with Crippen LogP contribution in [0.15, 0.2) is 54.9 Å². The van der Waals surface area contributed by atoms with Gasteiger partial charge in [-0.3, -0.25) is 4.79 Å². The summed E-state index contributed by atoms with van der Waals surface area (Å²) in [4.78, 5) is 23.0. The second-order valence-electron chi connectivity index (χ2n) is 6.52. The van der Waals surface area contributed by atoms with Crippen molar-refractivity contribution in [1.82, 2.24) is 9.97 Å². The van der Waals surface area contributed by atoms with Gasteiger partial charge in [-0.05, 0) is 56.7 Å². The quantitative estimate of drug-likeness (QED) is 0.605. The lowest BCUT2D eigenvalue weighted by atomic mass is 10.1. The Labute approximate surface area is 169 Å². The monoisotopic (exact) mass is 393 g/mol. The molecule has 3 rings (SSSR count). The molecule has 3 aromatic rings. The third-order valence-electron chi connectivity index (χ3n) is 4.61. The van der Waals surface area contributed by atoms with Crippen molar-refractivity contribution in [2.45, 2.75) is 20.8 Å². The van der Waals surface area contributed by atoms with Crippen LogP contribution in [0, 0.1) is 12.7 Å². The number of hydrogen-bond donors (Lipinski definition) is 2. The van der Waals surface area contributed by atoms with Crippen LogP contribution in [0.4, 0.5) is 27.3 Å². The second-order valence-corrected chi connectivity index (χ2v) is 6.52. The highest BCUT2D eigenvalue weighted by Gasteiger charge is 2.12. The first-order chi connectivity index (χ1) is 14.0. The summed E-state index contributed by atoms with van der Waals surface area (Å²) in [5.74, 6) is -0.389. The molecule has 0 unspecified atom stereocenters. The molecule has 1 aromatic heterocycles. The van der Waals surface area contributed by atoms with E-state index in [1.165, 1.54) is 18.5 Å². The van der Waals surface area contributed by atoms with E-state index in [1.54, 1.807) is 18.2 Å². The van der Waals surface area contributed by atoms with Crippen LogP contribution >= 0.6 is 0 Å². The van der Waals surface area contributed by atoms with Gasteiger partial charge in [-0.25, -0.2) is 14.4 Å². The van der Waals surface area contributed by atoms with E-state index in [1.807, 2.05) is 19.1 Å². The molecule has 7 heteroatoms. The number of aryl methyl sites for hydroxylation is 1. The smallest absolute Gasteiger partial charge is 0.275 e. The van der Waals surface area contributed by atoms with Crippen molar-refractivity contribution in [1.29, 1.82) is 0 Å². The van der Waals surface area contributed by atoms with Gasteiger partial charge >= 0.3 is 0 Å². The van der Waals surface area contributed by atoms with Gasteiger partial charge in [0.1, 0.15) is 17.3 Å². The number of nitrogens with zero attached hydrogens (tertiary/aromatic N) is 3. The van der Waals surface area contributed by atoms with Crippen molar-refractivity contribution in [3.05, 3.63) is 71.9 Å². The number of para-hydroxylation sites is 1. The number of aromatic nitrogens is 2. The van der Waals surface area contributed by atoms with Crippen molar-refractivity contribution < 1.29 is 9.18 Å². The van der Waals surface area contributed by atoms with E-state index in [4.69, 9.17) is 0 Å². The number of rotatable bonds is 7. The van der Waals surface area contributed by atoms with E-state index >= 15 is 0 Å². The fourth-order valence-electron chi connectivity index (χ4n) is 2.97. The van der Waals surface area contributed by atoms with Crippen LogP contribution < -0.4 is 15.5 Å². The number of amides is 1. The van der Waals surface area contributed by atoms with Gasteiger partial charge in [0.2, 0.25) is 0 Å². The van der Waals surface area contributed by atoms with Gasteiger partial charge in [0.05, 0.1) is 18.1 Å². The molecule has 0 saturated carbocycles. The largest absolute Gasteiger partial charge is 0.372 e. The van der Waals surface area contributed by atoms with Gasteiger partial charge in [0, 0.05) is 24.5 Å². The average molecular weight is 393 g/mol. The summed E-state index contributed by atoms with van der Waals surface area (Å²) in [6.07, 6.45) is 2.76. The van der Waals surface area contributed by atoms with Crippen LogP contribution in [0.25, 0.3) is 0 Å². The van der Waals surface area contributed by atoms with E-state index in [2.05, 4.69) is 45.4 Å². The highest BCUT2D eigenvalue weighted by molar-refractivity contribution is 6.03. The van der Waals surface area contributed by atoms with Crippen LogP contribution in [0.5, 0.6) is 0 Å². The standard InChI is InChI=1S/C22H24FN5O/c1-4-28(5-2)16-10-11-18(15(3)12-16)27-22(29)20-13-25-21(14-24-20)26-19-9-7-6-8-17(19)23/h6-14H,4-5H2,1-3H3,(H,25,26)(H,27,29). The zero-order chi connectivity index (χ0) is 20.8. The van der Waals surface area contributed by atoms with Crippen LogP contribution in [-0.4, -0.2) is 29.0 Å². The third-order valence-corrected chi connectivity index (χ3v) is 4.61. The minimum atomic E-state index is -0.389. The van der Waals surface area contributed by atoms with Gasteiger partial charge in [0.15, 0.2) is 0 Å². The minimum Gasteiger partial charge on any atom is -0.372 e. The lowest BCUT2D eigenvalue weighted by Crippen LogP contribution is -2.22. The first-order valence-electron chi connectivity index (χ1n) is 9.52. The molecular formula is C22H24FN5O. The lowest BCUT2D eigenvalue weighted by Gasteiger charge is -2.22. The van der Waals surface area contributed by atoms with E-state index in [0.717, 1.165) is 30.0 Å². The van der Waals surface area contributed by atoms with Gasteiger partial charge in [-0.2, -0.15) is 0 Å². The van der Waals surface area contributed by atoms with Crippen molar-refractivity contribution in [3.8, 4) is 0 Å². The molecule has 1 heterocycles. The predicted octanol–water partition coefficient (Wildman–Crippen LogP) is 4.77. The minimum absolute atomic E-state index is 0.177. The highest BCUT2D eigenvalue weighted by atomic mass is 19.1. The van der Waals surface area contributed by atoms with Crippen molar-refractivity contribution in [2.24, 2.45) is 0 Å². The molecule has 0 aliphatic rings. The molecule has 2 N–H and O–H groups in total. The van der Waals surface area contributed by atoms with Gasteiger partial charge in [0.25, 0.3) is 5.91 Å². The Balaban J connectivity index is 1.69. The van der Waals surface area contributed by atoms with Gasteiger partial charge in [-0.15, -0.1) is 0 Å². The van der Waals surface area contributed by atoms with Crippen LogP contribution in [0.1, 0.15) is 29.9 Å². The molecule has 0 aliphatic heterocycles. The number of carbonyl (C=O) groups is 1. The Morgan fingerprint density at radius 1 is 1.03 bits per heavy atom. The van der Waals surface area contributed by atoms with Crippen LogP contribution in [0.2, 0.25) is 0 Å². The van der Waals surface area contributed by atoms with Crippen molar-refractivity contribution in [2.75, 3.05) is 28.6 Å². The Hall–Kier alpha value is -3.48. The number of carbonyl (C=O) groups excluding carboxylic acids is 1. The molecule has 1 amide bonds. The number of benzene rings is 2. The number of anilines is 4. The van der Waals surface area contributed by atoms with E-state index in [9.17, 15) is 9.18 Å². The number of halogens is 1. The van der Waals surface area contributed by atoms with E-state index in [-0.39, 0.29) is 17.4 Å². The molecule has 150 valence electrons. The summed E-state index contributed by atoms with van der Waals surface area (Å²) in [6.45, 7) is 8.01. The number of nitrogens with one attached hydrogen (secondary N) is 2. The van der Waals surface area contributed by atoms with E-state index < -0.39 is 0 Å². The van der Waals surface area contributed by atoms with Gasteiger partial charge in [-0.1, -0.05) is 12.1 Å². The van der Waals surface area contributed by atoms with E-state index in [0.29, 0.717) is 11.5 Å². The van der Waals surface area contributed by atoms with Crippen molar-refractivity contribution in [3.63, 3.8) is 0 Å². The Morgan fingerprint density at radius 2 is 1.79 bits per heavy atom. The fourth-order valence-corrected chi connectivity index (χ4v) is 2.97. The molecule has 0 aliphatic carbocycles. The maximum absolute atomic E-state index is 13.7. The average Bonchev–Trinajstić information content (AvgIpc) is 2.73. The maximum atomic E-state index is 13.7. The Morgan fingerprint density at radius 3 is 2.41 bits per heavy atom. The summed E-state index contributed by atoms with van der Waals surface area (Å²) in [5, 5.41) is 5.71. The normalized spacial score (nSPS) is 10.5. The summed E-state index contributed by atoms with van der Waals surface area (Å²) in [6, 6.07) is 12.2.